The predicted octanol–water partition coefficient (Wildman–Crippen LogP) is 6.33. The van der Waals surface area contributed by atoms with E-state index in [0.29, 0.717) is 0 Å². The van der Waals surface area contributed by atoms with Gasteiger partial charge >= 0.3 is 0 Å². The Morgan fingerprint density at radius 1 is 0.553 bits per heavy atom. The van der Waals surface area contributed by atoms with Crippen molar-refractivity contribution in [2.24, 2.45) is 0 Å². The number of rotatable bonds is 7. The average Bonchev–Trinajstić information content (AvgIpc) is 3.54. The monoisotopic (exact) mass is 502 g/mol. The first-order valence-corrected chi connectivity index (χ1v) is 12.8. The number of hydrogen-bond donors (Lipinski definition) is 2. The van der Waals surface area contributed by atoms with Gasteiger partial charge in [0, 0.05) is 11.4 Å². The van der Waals surface area contributed by atoms with Crippen LogP contribution in [0.15, 0.2) is 84.9 Å². The largest absolute Gasteiger partial charge is 0.360 e. The van der Waals surface area contributed by atoms with E-state index in [1.54, 1.807) is 0 Å². The molecule has 0 unspecified atom stereocenters. The molecule has 0 aliphatic rings. The average molecular weight is 503 g/mol. The highest BCUT2D eigenvalue weighted by atomic mass is 15.5. The summed E-state index contributed by atoms with van der Waals surface area (Å²) in [7, 11) is 0. The first-order chi connectivity index (χ1) is 18.5. The van der Waals surface area contributed by atoms with Gasteiger partial charge in [0.15, 0.2) is 12.3 Å². The van der Waals surface area contributed by atoms with Crippen LogP contribution in [0, 0.1) is 27.7 Å². The molecule has 2 atom stereocenters. The van der Waals surface area contributed by atoms with Crippen LogP contribution in [0.2, 0.25) is 0 Å². The zero-order valence-corrected chi connectivity index (χ0v) is 21.9. The zero-order chi connectivity index (χ0) is 26.2. The highest BCUT2D eigenvalue weighted by molar-refractivity contribution is 5.75. The molecule has 0 radical (unpaired) electrons. The van der Waals surface area contributed by atoms with Crippen molar-refractivity contribution in [2.45, 2.75) is 40.0 Å². The van der Waals surface area contributed by atoms with Crippen LogP contribution in [0.4, 0.5) is 11.4 Å². The number of aryl methyl sites for hydroxylation is 4. The predicted molar refractivity (Wildman–Crippen MR) is 152 cm³/mol. The van der Waals surface area contributed by atoms with Gasteiger partial charge in [0.1, 0.15) is 11.0 Å². The third kappa shape index (κ3) is 4.34. The Balaban J connectivity index is 1.58. The molecule has 2 N–H and O–H groups in total. The van der Waals surface area contributed by atoms with Crippen LogP contribution in [0.25, 0.3) is 22.1 Å². The highest BCUT2D eigenvalue weighted by Gasteiger charge is 2.31. The molecule has 38 heavy (non-hydrogen) atoms. The molecule has 8 heteroatoms. The first kappa shape index (κ1) is 23.7. The number of benzene rings is 4. The summed E-state index contributed by atoms with van der Waals surface area (Å²) in [5, 5.41) is 25.8. The van der Waals surface area contributed by atoms with Crippen molar-refractivity contribution >= 4 is 33.4 Å². The van der Waals surface area contributed by atoms with E-state index in [2.05, 4.69) is 95.4 Å². The second kappa shape index (κ2) is 9.63. The highest BCUT2D eigenvalue weighted by Crippen LogP contribution is 2.33. The number of fused-ring (bicyclic) bond motifs is 2. The van der Waals surface area contributed by atoms with Crippen LogP contribution in [0.5, 0.6) is 0 Å². The van der Waals surface area contributed by atoms with Gasteiger partial charge in [-0.1, -0.05) is 59.0 Å². The number of aromatic nitrogens is 6. The summed E-state index contributed by atoms with van der Waals surface area (Å²) >= 11 is 0. The van der Waals surface area contributed by atoms with Gasteiger partial charge in [-0.3, -0.25) is 0 Å². The Hall–Kier alpha value is -4.72. The summed E-state index contributed by atoms with van der Waals surface area (Å²) in [6.45, 7) is 8.41. The molecule has 0 amide bonds. The molecule has 6 aromatic rings. The molecule has 0 saturated carbocycles. The normalized spacial score (nSPS) is 13.1. The molecule has 0 fully saturated rings. The molecule has 2 heterocycles. The lowest BCUT2D eigenvalue weighted by Crippen LogP contribution is -2.35. The maximum absolute atomic E-state index is 4.64. The minimum absolute atomic E-state index is 0.409. The summed E-state index contributed by atoms with van der Waals surface area (Å²) in [5.41, 5.74) is 10.2. The summed E-state index contributed by atoms with van der Waals surface area (Å²) < 4.78 is 3.88. The van der Waals surface area contributed by atoms with Crippen molar-refractivity contribution in [3.8, 4) is 0 Å². The minimum Gasteiger partial charge on any atom is -0.360 e. The van der Waals surface area contributed by atoms with Crippen LogP contribution in [-0.2, 0) is 0 Å². The maximum Gasteiger partial charge on any atom is 0.164 e. The van der Waals surface area contributed by atoms with Crippen LogP contribution >= 0.6 is 0 Å². The fourth-order valence-electron chi connectivity index (χ4n) is 4.83. The van der Waals surface area contributed by atoms with Crippen molar-refractivity contribution < 1.29 is 0 Å². The fourth-order valence-corrected chi connectivity index (χ4v) is 4.83. The van der Waals surface area contributed by atoms with E-state index in [1.165, 1.54) is 11.1 Å². The maximum atomic E-state index is 4.64. The molecular formula is C30H30N8. The molecule has 0 spiro atoms. The number of nitrogens with zero attached hydrogens (tertiary/aromatic N) is 6. The van der Waals surface area contributed by atoms with E-state index in [0.717, 1.165) is 44.6 Å². The van der Waals surface area contributed by atoms with Gasteiger partial charge in [-0.15, -0.1) is 10.2 Å². The summed E-state index contributed by atoms with van der Waals surface area (Å²) in [6, 6.07) is 28.8. The number of hydrogen-bond acceptors (Lipinski definition) is 6. The van der Waals surface area contributed by atoms with Gasteiger partial charge in [0.2, 0.25) is 0 Å². The Labute approximate surface area is 221 Å². The summed E-state index contributed by atoms with van der Waals surface area (Å²) in [5.74, 6) is 0. The van der Waals surface area contributed by atoms with Crippen LogP contribution in [0.3, 0.4) is 0 Å². The van der Waals surface area contributed by atoms with E-state index in [1.807, 2.05) is 57.9 Å². The van der Waals surface area contributed by atoms with Crippen LogP contribution < -0.4 is 10.6 Å². The molecule has 0 bridgehead atoms. The Morgan fingerprint density at radius 3 is 1.42 bits per heavy atom. The van der Waals surface area contributed by atoms with E-state index in [-0.39, 0.29) is 0 Å². The van der Waals surface area contributed by atoms with Crippen molar-refractivity contribution in [2.75, 3.05) is 10.6 Å². The second-order valence-corrected chi connectivity index (χ2v) is 9.86. The van der Waals surface area contributed by atoms with Crippen molar-refractivity contribution in [3.05, 3.63) is 107 Å². The minimum atomic E-state index is -0.409. The summed E-state index contributed by atoms with van der Waals surface area (Å²) in [6.07, 6.45) is -0.819. The van der Waals surface area contributed by atoms with Gasteiger partial charge in [-0.05, 0) is 86.3 Å². The topological polar surface area (TPSA) is 85.5 Å². The number of nitrogens with one attached hydrogen (secondary N) is 2. The molecule has 0 aliphatic heterocycles. The van der Waals surface area contributed by atoms with Gasteiger partial charge in [0.05, 0.1) is 11.0 Å². The second-order valence-electron chi connectivity index (χ2n) is 9.86. The Kier molecular flexibility index (Phi) is 5.99. The number of anilines is 2. The van der Waals surface area contributed by atoms with Gasteiger partial charge < -0.3 is 10.6 Å². The molecular weight excluding hydrogens is 472 g/mol. The zero-order valence-electron chi connectivity index (χ0n) is 21.9. The lowest BCUT2D eigenvalue weighted by Gasteiger charge is -2.32. The third-order valence-corrected chi connectivity index (χ3v) is 6.97. The van der Waals surface area contributed by atoms with Crippen LogP contribution in [0.1, 0.15) is 34.6 Å². The quantitative estimate of drug-likeness (QED) is 0.265. The third-order valence-electron chi connectivity index (χ3n) is 6.97. The molecule has 8 nitrogen and oxygen atoms in total. The molecule has 4 aromatic carbocycles. The lowest BCUT2D eigenvalue weighted by molar-refractivity contribution is 0.346. The van der Waals surface area contributed by atoms with Crippen LogP contribution in [-0.4, -0.2) is 30.0 Å². The standard InChI is InChI=1S/C30H30N8/c1-19-13-15-21(3)25(17-19)31-29(37-27-11-7-5-9-23(27)33-35-37)30(32-26-18-20(2)14-16-22(26)4)38-28-12-8-6-10-24(28)34-36-38/h5-18,29-32H,1-4H3/t29-,30-/m1/s1. The summed E-state index contributed by atoms with van der Waals surface area (Å²) in [4.78, 5) is 0. The Bertz CT molecular complexity index is 1620. The molecule has 6 rings (SSSR count). The van der Waals surface area contributed by atoms with E-state index < -0.39 is 12.3 Å². The van der Waals surface area contributed by atoms with Crippen molar-refractivity contribution in [1.29, 1.82) is 0 Å². The smallest absolute Gasteiger partial charge is 0.164 e. The van der Waals surface area contributed by atoms with E-state index >= 15 is 0 Å². The van der Waals surface area contributed by atoms with Gasteiger partial charge in [0.25, 0.3) is 0 Å². The van der Waals surface area contributed by atoms with E-state index in [9.17, 15) is 0 Å². The molecule has 2 aromatic heterocycles. The van der Waals surface area contributed by atoms with Crippen molar-refractivity contribution in [1.82, 2.24) is 30.0 Å². The number of para-hydroxylation sites is 2. The molecule has 0 saturated heterocycles. The van der Waals surface area contributed by atoms with Gasteiger partial charge in [-0.2, -0.15) is 0 Å². The SMILES string of the molecule is Cc1ccc(C)c(N[C@@H]([C@H](Nc2cc(C)ccc2C)n2nnc3ccccc32)n2nnc3ccccc32)c1. The molecule has 0 aliphatic carbocycles. The van der Waals surface area contributed by atoms with Crippen molar-refractivity contribution in [3.63, 3.8) is 0 Å². The van der Waals surface area contributed by atoms with E-state index in [4.69, 9.17) is 0 Å². The van der Waals surface area contributed by atoms with Gasteiger partial charge in [-0.25, -0.2) is 9.36 Å². The first-order valence-electron chi connectivity index (χ1n) is 12.8. The fraction of sp³-hybridized carbons (Fsp3) is 0.200. The lowest BCUT2D eigenvalue weighted by atomic mass is 10.1. The molecule has 190 valence electrons. The Morgan fingerprint density at radius 2 is 0.974 bits per heavy atom.